The number of nitrogens with one attached hydrogen (secondary N) is 1. The van der Waals surface area contributed by atoms with Crippen LogP contribution in [0.1, 0.15) is 21.6 Å². The molecule has 1 amide bonds. The van der Waals surface area contributed by atoms with Gasteiger partial charge in [-0.1, -0.05) is 29.8 Å². The number of ether oxygens (including phenoxy) is 1. The molecule has 0 spiro atoms. The van der Waals surface area contributed by atoms with Crippen molar-refractivity contribution in [1.82, 2.24) is 4.98 Å². The van der Waals surface area contributed by atoms with E-state index in [2.05, 4.69) is 15.0 Å². The minimum Gasteiger partial charge on any atom is -0.453 e. The second-order valence-corrected chi connectivity index (χ2v) is 4.71. The van der Waals surface area contributed by atoms with E-state index in [1.54, 1.807) is 17.5 Å². The lowest BCUT2D eigenvalue weighted by Gasteiger charge is -1.99. The maximum Gasteiger partial charge on any atom is 0.413 e. The van der Waals surface area contributed by atoms with Crippen LogP contribution in [-0.2, 0) is 4.74 Å². The normalized spacial score (nSPS) is 10.0. The van der Waals surface area contributed by atoms with Crippen molar-refractivity contribution in [2.24, 2.45) is 0 Å². The summed E-state index contributed by atoms with van der Waals surface area (Å²) in [7, 11) is 1.27. The maximum atomic E-state index is 12.1. The third-order valence-electron chi connectivity index (χ3n) is 2.44. The van der Waals surface area contributed by atoms with Gasteiger partial charge in [-0.25, -0.2) is 9.78 Å². The number of thiazole rings is 1. The summed E-state index contributed by atoms with van der Waals surface area (Å²) in [5, 5.41) is 4.36. The molecule has 19 heavy (non-hydrogen) atoms. The Kier molecular flexibility index (Phi) is 3.91. The third kappa shape index (κ3) is 3.17. The van der Waals surface area contributed by atoms with Gasteiger partial charge in [0.2, 0.25) is 5.78 Å². The third-order valence-corrected chi connectivity index (χ3v) is 3.20. The SMILES string of the molecule is COC(=O)Nc1nc(C(=O)c2ccc(C)cc2)cs1. The molecule has 0 aliphatic carbocycles. The molecule has 6 heteroatoms. The van der Waals surface area contributed by atoms with Crippen LogP contribution in [0.5, 0.6) is 0 Å². The zero-order valence-electron chi connectivity index (χ0n) is 10.5. The second-order valence-electron chi connectivity index (χ2n) is 3.85. The van der Waals surface area contributed by atoms with Gasteiger partial charge >= 0.3 is 6.09 Å². The quantitative estimate of drug-likeness (QED) is 0.875. The summed E-state index contributed by atoms with van der Waals surface area (Å²) in [5.74, 6) is -0.172. The van der Waals surface area contributed by atoms with Crippen LogP contribution < -0.4 is 5.32 Å². The number of ketones is 1. The minimum absolute atomic E-state index is 0.172. The number of hydrogen-bond donors (Lipinski definition) is 1. The molecule has 0 radical (unpaired) electrons. The highest BCUT2D eigenvalue weighted by Crippen LogP contribution is 2.18. The van der Waals surface area contributed by atoms with Crippen molar-refractivity contribution in [2.75, 3.05) is 12.4 Å². The zero-order valence-corrected chi connectivity index (χ0v) is 11.3. The Hall–Kier alpha value is -2.21. The standard InChI is InChI=1S/C13H12N2O3S/c1-8-3-5-9(6-4-8)11(16)10-7-19-12(14-10)15-13(17)18-2/h3-7H,1-2H3,(H,14,15,17). The van der Waals surface area contributed by atoms with Crippen LogP contribution in [0.2, 0.25) is 0 Å². The molecule has 98 valence electrons. The molecule has 1 heterocycles. The molecule has 0 aliphatic heterocycles. The molecule has 2 aromatic rings. The summed E-state index contributed by atoms with van der Waals surface area (Å²) in [6.07, 6.45) is -0.608. The predicted molar refractivity (Wildman–Crippen MR) is 72.8 cm³/mol. The Bertz CT molecular complexity index is 605. The van der Waals surface area contributed by atoms with E-state index in [1.165, 1.54) is 18.4 Å². The summed E-state index contributed by atoms with van der Waals surface area (Å²) in [6.45, 7) is 1.95. The van der Waals surface area contributed by atoms with Crippen LogP contribution in [0.25, 0.3) is 0 Å². The Balaban J connectivity index is 2.16. The van der Waals surface area contributed by atoms with Crippen molar-refractivity contribution < 1.29 is 14.3 Å². The molecule has 0 bridgehead atoms. The number of carbonyl (C=O) groups excluding carboxylic acids is 2. The van der Waals surface area contributed by atoms with E-state index in [9.17, 15) is 9.59 Å². The molecule has 5 nitrogen and oxygen atoms in total. The van der Waals surface area contributed by atoms with Crippen LogP contribution in [0.3, 0.4) is 0 Å². The van der Waals surface area contributed by atoms with E-state index in [1.807, 2.05) is 19.1 Å². The van der Waals surface area contributed by atoms with Crippen LogP contribution >= 0.6 is 11.3 Å². The molecule has 0 unspecified atom stereocenters. The summed E-state index contributed by atoms with van der Waals surface area (Å²) in [6, 6.07) is 7.25. The Morgan fingerprint density at radius 1 is 1.26 bits per heavy atom. The van der Waals surface area contributed by atoms with Gasteiger partial charge in [0.15, 0.2) is 5.13 Å². The van der Waals surface area contributed by atoms with Gasteiger partial charge in [0.05, 0.1) is 7.11 Å². The molecule has 1 N–H and O–H groups in total. The number of hydrogen-bond acceptors (Lipinski definition) is 5. The molecule has 0 atom stereocenters. The molecule has 0 aliphatic rings. The van der Waals surface area contributed by atoms with Crippen molar-refractivity contribution in [2.45, 2.75) is 6.92 Å². The fourth-order valence-corrected chi connectivity index (χ4v) is 2.10. The van der Waals surface area contributed by atoms with Gasteiger partial charge in [-0.2, -0.15) is 0 Å². The zero-order chi connectivity index (χ0) is 13.8. The lowest BCUT2D eigenvalue weighted by Crippen LogP contribution is -2.11. The Morgan fingerprint density at radius 2 is 1.95 bits per heavy atom. The van der Waals surface area contributed by atoms with Crippen molar-refractivity contribution >= 4 is 28.3 Å². The fraction of sp³-hybridized carbons (Fsp3) is 0.154. The van der Waals surface area contributed by atoms with Crippen LogP contribution in [0.4, 0.5) is 9.93 Å². The summed E-state index contributed by atoms with van der Waals surface area (Å²) in [4.78, 5) is 27.2. The lowest BCUT2D eigenvalue weighted by atomic mass is 10.1. The number of nitrogens with zero attached hydrogens (tertiary/aromatic N) is 1. The predicted octanol–water partition coefficient (Wildman–Crippen LogP) is 2.86. The van der Waals surface area contributed by atoms with Crippen molar-refractivity contribution in [3.8, 4) is 0 Å². The van der Waals surface area contributed by atoms with Gasteiger partial charge in [0.25, 0.3) is 0 Å². The molecular formula is C13H12N2O3S. The number of amides is 1. The number of rotatable bonds is 3. The van der Waals surface area contributed by atoms with E-state index in [4.69, 9.17) is 0 Å². The summed E-state index contributed by atoms with van der Waals surface area (Å²) >= 11 is 1.18. The van der Waals surface area contributed by atoms with Crippen LogP contribution in [0, 0.1) is 6.92 Å². The first-order valence-corrected chi connectivity index (χ1v) is 6.40. The smallest absolute Gasteiger partial charge is 0.413 e. The highest BCUT2D eigenvalue weighted by molar-refractivity contribution is 7.14. The number of benzene rings is 1. The van der Waals surface area contributed by atoms with Gasteiger partial charge in [-0.15, -0.1) is 11.3 Å². The minimum atomic E-state index is -0.608. The second kappa shape index (κ2) is 5.62. The summed E-state index contributed by atoms with van der Waals surface area (Å²) in [5.41, 5.74) is 1.96. The maximum absolute atomic E-state index is 12.1. The van der Waals surface area contributed by atoms with E-state index in [0.29, 0.717) is 16.4 Å². The Labute approximate surface area is 114 Å². The highest BCUT2D eigenvalue weighted by atomic mass is 32.1. The van der Waals surface area contributed by atoms with E-state index >= 15 is 0 Å². The molecule has 1 aromatic carbocycles. The van der Waals surface area contributed by atoms with E-state index in [0.717, 1.165) is 5.56 Å². The van der Waals surface area contributed by atoms with E-state index in [-0.39, 0.29) is 5.78 Å². The van der Waals surface area contributed by atoms with E-state index < -0.39 is 6.09 Å². The molecule has 0 saturated carbocycles. The largest absolute Gasteiger partial charge is 0.453 e. The molecule has 0 saturated heterocycles. The average molecular weight is 276 g/mol. The van der Waals surface area contributed by atoms with Crippen LogP contribution in [0.15, 0.2) is 29.6 Å². The molecule has 1 aromatic heterocycles. The van der Waals surface area contributed by atoms with Gasteiger partial charge in [-0.3, -0.25) is 10.1 Å². The average Bonchev–Trinajstić information content (AvgIpc) is 2.87. The highest BCUT2D eigenvalue weighted by Gasteiger charge is 2.14. The Morgan fingerprint density at radius 3 is 2.58 bits per heavy atom. The van der Waals surface area contributed by atoms with Crippen molar-refractivity contribution in [3.63, 3.8) is 0 Å². The van der Waals surface area contributed by atoms with Crippen molar-refractivity contribution in [3.05, 3.63) is 46.5 Å². The molecule has 0 fully saturated rings. The number of anilines is 1. The van der Waals surface area contributed by atoms with Gasteiger partial charge in [-0.05, 0) is 6.92 Å². The van der Waals surface area contributed by atoms with Crippen LogP contribution in [-0.4, -0.2) is 24.0 Å². The lowest BCUT2D eigenvalue weighted by molar-refractivity contribution is 0.103. The number of aryl methyl sites for hydroxylation is 1. The molecular weight excluding hydrogens is 264 g/mol. The first-order chi connectivity index (χ1) is 9.10. The van der Waals surface area contributed by atoms with Crippen molar-refractivity contribution in [1.29, 1.82) is 0 Å². The van der Waals surface area contributed by atoms with Gasteiger partial charge in [0, 0.05) is 10.9 Å². The number of methoxy groups -OCH3 is 1. The van der Waals surface area contributed by atoms with Gasteiger partial charge in [0.1, 0.15) is 5.69 Å². The topological polar surface area (TPSA) is 68.3 Å². The monoisotopic (exact) mass is 276 g/mol. The fourth-order valence-electron chi connectivity index (χ4n) is 1.43. The summed E-state index contributed by atoms with van der Waals surface area (Å²) < 4.78 is 4.45. The molecule has 2 rings (SSSR count). The first kappa shape index (κ1) is 13.2. The first-order valence-electron chi connectivity index (χ1n) is 5.52. The van der Waals surface area contributed by atoms with Gasteiger partial charge < -0.3 is 4.74 Å². The number of carbonyl (C=O) groups is 2. The number of aromatic nitrogens is 1.